The van der Waals surface area contributed by atoms with Crippen molar-refractivity contribution in [3.63, 3.8) is 0 Å². The third kappa shape index (κ3) is 7.43. The van der Waals surface area contributed by atoms with E-state index in [-0.39, 0.29) is 11.1 Å². The molecule has 3 rings (SSSR count). The van der Waals surface area contributed by atoms with E-state index in [4.69, 9.17) is 4.74 Å². The van der Waals surface area contributed by atoms with E-state index in [0.29, 0.717) is 18.3 Å². The Morgan fingerprint density at radius 3 is 2.33 bits per heavy atom. The van der Waals surface area contributed by atoms with Crippen molar-refractivity contribution in [2.24, 2.45) is 0 Å². The minimum atomic E-state index is -0.231. The summed E-state index contributed by atoms with van der Waals surface area (Å²) < 4.78 is 5.76. The average Bonchev–Trinajstić information content (AvgIpc) is 3.06. The van der Waals surface area contributed by atoms with E-state index in [1.54, 1.807) is 0 Å². The third-order valence-corrected chi connectivity index (χ3v) is 4.81. The number of benzene rings is 1. The number of amides is 2. The van der Waals surface area contributed by atoms with Crippen LogP contribution in [-0.2, 0) is 17.6 Å². The Morgan fingerprint density at radius 2 is 1.89 bits per heavy atom. The van der Waals surface area contributed by atoms with Crippen LogP contribution in [0.1, 0.15) is 43.5 Å². The second-order valence-electron chi connectivity index (χ2n) is 6.46. The van der Waals surface area contributed by atoms with Crippen molar-refractivity contribution in [2.45, 2.75) is 39.5 Å². The average molecular weight is 387 g/mol. The number of pyridine rings is 1. The fourth-order valence-corrected chi connectivity index (χ4v) is 2.87. The first-order valence-electron chi connectivity index (χ1n) is 9.11. The lowest BCUT2D eigenvalue weighted by atomic mass is 10.0. The van der Waals surface area contributed by atoms with Crippen molar-refractivity contribution in [3.8, 4) is 5.75 Å². The lowest BCUT2D eigenvalue weighted by Gasteiger charge is -2.09. The van der Waals surface area contributed by atoms with Gasteiger partial charge >= 0.3 is 0 Å². The second-order valence-corrected chi connectivity index (χ2v) is 7.41. The number of rotatable bonds is 6. The third-order valence-electron chi connectivity index (χ3n) is 4.04. The van der Waals surface area contributed by atoms with Gasteiger partial charge in [-0.1, -0.05) is 50.7 Å². The second kappa shape index (κ2) is 10.7. The number of nitrogens with one attached hydrogen (secondary N) is 1. The fraction of sp³-hybridized carbons (Fsp3) is 0.381. The minimum Gasteiger partial charge on any atom is -0.493 e. The number of aromatic nitrogens is 1. The zero-order valence-corrected chi connectivity index (χ0v) is 16.8. The van der Waals surface area contributed by atoms with Gasteiger partial charge in [0.2, 0.25) is 5.91 Å². The lowest BCUT2D eigenvalue weighted by Crippen LogP contribution is -2.18. The quantitative estimate of drug-likeness (QED) is 0.799. The normalized spacial score (nSPS) is 13.2. The molecule has 2 aromatic rings. The number of imide groups is 1. The molecule has 1 aromatic carbocycles. The number of ether oxygens (including phenoxy) is 1. The highest BCUT2D eigenvalue weighted by atomic mass is 32.2. The molecule has 144 valence electrons. The van der Waals surface area contributed by atoms with Crippen molar-refractivity contribution >= 4 is 22.9 Å². The van der Waals surface area contributed by atoms with Gasteiger partial charge in [-0.2, -0.15) is 0 Å². The number of hydrogen-bond acceptors (Lipinski definition) is 5. The zero-order valence-electron chi connectivity index (χ0n) is 16.0. The molecule has 1 aliphatic heterocycles. The molecule has 0 unspecified atom stereocenters. The summed E-state index contributed by atoms with van der Waals surface area (Å²) in [5.41, 5.74) is 3.70. The monoisotopic (exact) mass is 386 g/mol. The van der Waals surface area contributed by atoms with E-state index in [9.17, 15) is 9.59 Å². The topological polar surface area (TPSA) is 68.3 Å². The number of nitrogens with zero attached hydrogens (tertiary/aromatic N) is 1. The largest absolute Gasteiger partial charge is 0.493 e. The number of carbonyl (C=O) groups is 2. The van der Waals surface area contributed by atoms with Gasteiger partial charge in [0.25, 0.3) is 5.24 Å². The van der Waals surface area contributed by atoms with Crippen molar-refractivity contribution in [1.82, 2.24) is 10.3 Å². The van der Waals surface area contributed by atoms with Crippen LogP contribution in [0, 0.1) is 0 Å². The van der Waals surface area contributed by atoms with Crippen molar-refractivity contribution in [3.05, 3.63) is 59.4 Å². The highest BCUT2D eigenvalue weighted by Gasteiger charge is 2.16. The van der Waals surface area contributed by atoms with Gasteiger partial charge in [-0.15, -0.1) is 0 Å². The van der Waals surface area contributed by atoms with Crippen molar-refractivity contribution in [2.75, 3.05) is 12.4 Å². The number of thioether (sulfide) groups is 1. The van der Waals surface area contributed by atoms with Crippen LogP contribution in [0.3, 0.4) is 0 Å². The summed E-state index contributed by atoms with van der Waals surface area (Å²) >= 11 is 1.01. The maximum absolute atomic E-state index is 10.1. The molecule has 0 bridgehead atoms. The first-order valence-corrected chi connectivity index (χ1v) is 10.1. The van der Waals surface area contributed by atoms with Crippen LogP contribution in [0.4, 0.5) is 4.79 Å². The highest BCUT2D eigenvalue weighted by molar-refractivity contribution is 8.14. The molecule has 0 atom stereocenters. The minimum absolute atomic E-state index is 0.185. The van der Waals surface area contributed by atoms with E-state index < -0.39 is 0 Å². The molecule has 1 saturated heterocycles. The lowest BCUT2D eigenvalue weighted by molar-refractivity contribution is -0.117. The first-order chi connectivity index (χ1) is 13.0. The van der Waals surface area contributed by atoms with Crippen molar-refractivity contribution < 1.29 is 14.3 Å². The van der Waals surface area contributed by atoms with Gasteiger partial charge in [0.1, 0.15) is 5.75 Å². The molecule has 0 aliphatic carbocycles. The van der Waals surface area contributed by atoms with E-state index >= 15 is 0 Å². The van der Waals surface area contributed by atoms with Crippen LogP contribution in [-0.4, -0.2) is 28.5 Å². The Bertz CT molecular complexity index is 729. The van der Waals surface area contributed by atoms with E-state index in [1.165, 1.54) is 11.1 Å². The molecule has 5 nitrogen and oxygen atoms in total. The Hall–Kier alpha value is -2.34. The van der Waals surface area contributed by atoms with Gasteiger partial charge in [0, 0.05) is 18.3 Å². The molecule has 27 heavy (non-hydrogen) atoms. The van der Waals surface area contributed by atoms with Gasteiger partial charge in [0.15, 0.2) is 0 Å². The smallest absolute Gasteiger partial charge is 0.286 e. The Labute approximate surface area is 164 Å². The molecular weight excluding hydrogens is 360 g/mol. The standard InChI is InChI=1S/C18H23NO.C3H3NO2S/c1-4-15-5-8-17(19-13-15)11-12-20-18-9-6-16(7-10-18)14(2)3;5-2-1-7-3(6)4-2/h5-10,13-14H,4,11-12H2,1-3H3;1H2,(H,4,5,6). The molecule has 1 N–H and O–H groups in total. The van der Waals surface area contributed by atoms with E-state index in [1.807, 2.05) is 18.3 Å². The molecule has 0 saturated carbocycles. The van der Waals surface area contributed by atoms with Crippen molar-refractivity contribution in [1.29, 1.82) is 0 Å². The molecule has 1 fully saturated rings. The van der Waals surface area contributed by atoms with E-state index in [0.717, 1.165) is 36.0 Å². The van der Waals surface area contributed by atoms with Crippen LogP contribution >= 0.6 is 11.8 Å². The summed E-state index contributed by atoms with van der Waals surface area (Å²) in [4.78, 5) is 24.6. The van der Waals surface area contributed by atoms with E-state index in [2.05, 4.69) is 55.3 Å². The van der Waals surface area contributed by atoms with Crippen LogP contribution in [0.5, 0.6) is 5.75 Å². The SMILES string of the molecule is CCc1ccc(CCOc2ccc(C(C)C)cc2)nc1.O=C1CSC(=O)N1. The summed E-state index contributed by atoms with van der Waals surface area (Å²) in [7, 11) is 0. The number of aryl methyl sites for hydroxylation is 1. The predicted octanol–water partition coefficient (Wildman–Crippen LogP) is 4.36. The summed E-state index contributed by atoms with van der Waals surface area (Å²) in [6.45, 7) is 7.20. The molecule has 0 radical (unpaired) electrons. The van der Waals surface area contributed by atoms with Gasteiger partial charge in [-0.05, 0) is 41.7 Å². The molecule has 6 heteroatoms. The number of hydrogen-bond donors (Lipinski definition) is 1. The Balaban J connectivity index is 0.000000313. The Kier molecular flexibility index (Phi) is 8.33. The zero-order chi connectivity index (χ0) is 19.6. The summed E-state index contributed by atoms with van der Waals surface area (Å²) in [5, 5.41) is 1.87. The van der Waals surface area contributed by atoms with Crippen LogP contribution in [0.25, 0.3) is 0 Å². The predicted molar refractivity (Wildman–Crippen MR) is 109 cm³/mol. The first kappa shape index (κ1) is 21.0. The molecule has 2 amide bonds. The number of carbonyl (C=O) groups excluding carboxylic acids is 2. The highest BCUT2D eigenvalue weighted by Crippen LogP contribution is 2.18. The summed E-state index contributed by atoms with van der Waals surface area (Å²) in [6, 6.07) is 12.6. The molecule has 2 heterocycles. The van der Waals surface area contributed by atoms with Crippen LogP contribution in [0.2, 0.25) is 0 Å². The molecular formula is C21H26N2O3S. The molecule has 1 aliphatic rings. The fourth-order valence-electron chi connectivity index (χ4n) is 2.35. The molecule has 0 spiro atoms. The Morgan fingerprint density at radius 1 is 1.15 bits per heavy atom. The van der Waals surface area contributed by atoms with Gasteiger partial charge < -0.3 is 4.74 Å². The summed E-state index contributed by atoms with van der Waals surface area (Å²) in [6.07, 6.45) is 3.83. The summed E-state index contributed by atoms with van der Waals surface area (Å²) in [5.74, 6) is 1.60. The maximum atomic E-state index is 10.1. The van der Waals surface area contributed by atoms with Crippen LogP contribution < -0.4 is 10.1 Å². The van der Waals surface area contributed by atoms with Crippen LogP contribution in [0.15, 0.2) is 42.6 Å². The van der Waals surface area contributed by atoms with Gasteiger partial charge in [-0.3, -0.25) is 19.9 Å². The maximum Gasteiger partial charge on any atom is 0.286 e. The van der Waals surface area contributed by atoms with Gasteiger partial charge in [-0.25, -0.2) is 0 Å². The molecule has 1 aromatic heterocycles. The van der Waals surface area contributed by atoms with Gasteiger partial charge in [0.05, 0.1) is 12.4 Å².